The van der Waals surface area contributed by atoms with Gasteiger partial charge in [0.05, 0.1) is 10.5 Å². The van der Waals surface area contributed by atoms with Crippen LogP contribution < -0.4 is 11.1 Å². The van der Waals surface area contributed by atoms with Crippen LogP contribution in [-0.4, -0.2) is 22.9 Å². The molecule has 6 nitrogen and oxygen atoms in total. The number of nitro groups is 1. The van der Waals surface area contributed by atoms with Crippen molar-refractivity contribution < 1.29 is 9.72 Å². The highest BCUT2D eigenvalue weighted by molar-refractivity contribution is 5.96. The van der Waals surface area contributed by atoms with E-state index >= 15 is 0 Å². The molecule has 0 bridgehead atoms. The smallest absolute Gasteiger partial charge is 0.270 e. The molecule has 6 heteroatoms. The van der Waals surface area contributed by atoms with Crippen molar-refractivity contribution in [3.05, 3.63) is 39.4 Å². The van der Waals surface area contributed by atoms with Crippen LogP contribution in [-0.2, 0) is 0 Å². The maximum absolute atomic E-state index is 12.4. The van der Waals surface area contributed by atoms with Gasteiger partial charge in [-0.05, 0) is 38.2 Å². The summed E-state index contributed by atoms with van der Waals surface area (Å²) < 4.78 is 0. The summed E-state index contributed by atoms with van der Waals surface area (Å²) in [5.41, 5.74) is 6.29. The number of carbonyl (C=O) groups is 1. The van der Waals surface area contributed by atoms with Crippen molar-refractivity contribution >= 4 is 11.6 Å². The van der Waals surface area contributed by atoms with E-state index in [9.17, 15) is 14.9 Å². The molecule has 1 amide bonds. The summed E-state index contributed by atoms with van der Waals surface area (Å²) >= 11 is 0. The molecule has 1 fully saturated rings. The maximum Gasteiger partial charge on any atom is 0.270 e. The minimum atomic E-state index is -0.501. The summed E-state index contributed by atoms with van der Waals surface area (Å²) in [7, 11) is 0. The molecule has 1 aliphatic carbocycles. The molecule has 1 aromatic carbocycles. The highest BCUT2D eigenvalue weighted by Gasteiger charge is 2.41. The van der Waals surface area contributed by atoms with Gasteiger partial charge in [-0.3, -0.25) is 14.9 Å². The number of carbonyl (C=O) groups excluding carboxylic acids is 1. The summed E-state index contributed by atoms with van der Waals surface area (Å²) in [6, 6.07) is 4.30. The van der Waals surface area contributed by atoms with Gasteiger partial charge in [-0.1, -0.05) is 6.07 Å². The molecule has 0 heterocycles. The number of rotatable bonds is 5. The van der Waals surface area contributed by atoms with E-state index in [1.807, 2.05) is 6.92 Å². The Balaban J connectivity index is 2.24. The number of nitrogens with two attached hydrogens (primary N) is 1. The van der Waals surface area contributed by atoms with Crippen molar-refractivity contribution in [2.45, 2.75) is 32.2 Å². The fraction of sp³-hybridized carbons (Fsp3) is 0.500. The van der Waals surface area contributed by atoms with Crippen LogP contribution in [0.25, 0.3) is 0 Å². The van der Waals surface area contributed by atoms with Crippen LogP contribution in [0.15, 0.2) is 18.2 Å². The SMILES string of the molecule is Cc1ccc([N+](=O)[O-])cc1C(=O)NC(C)(CN)C1CC1. The summed E-state index contributed by atoms with van der Waals surface area (Å²) in [5.74, 6) is 0.0986. The van der Waals surface area contributed by atoms with Crippen LogP contribution in [0, 0.1) is 23.0 Å². The molecule has 0 saturated heterocycles. The summed E-state index contributed by atoms with van der Waals surface area (Å²) in [6.07, 6.45) is 2.11. The molecule has 0 aliphatic heterocycles. The van der Waals surface area contributed by atoms with Crippen molar-refractivity contribution in [1.29, 1.82) is 0 Å². The normalized spacial score (nSPS) is 17.4. The van der Waals surface area contributed by atoms with E-state index < -0.39 is 10.5 Å². The maximum atomic E-state index is 12.4. The van der Waals surface area contributed by atoms with Crippen molar-refractivity contribution in [1.82, 2.24) is 5.32 Å². The van der Waals surface area contributed by atoms with Gasteiger partial charge in [0.1, 0.15) is 0 Å². The minimum absolute atomic E-state index is 0.0818. The summed E-state index contributed by atoms with van der Waals surface area (Å²) in [6.45, 7) is 4.04. The zero-order chi connectivity index (χ0) is 14.9. The predicted molar refractivity (Wildman–Crippen MR) is 75.5 cm³/mol. The molecule has 20 heavy (non-hydrogen) atoms. The van der Waals surface area contributed by atoms with Gasteiger partial charge in [0.25, 0.3) is 11.6 Å². The Morgan fingerprint density at radius 3 is 2.70 bits per heavy atom. The number of hydrogen-bond acceptors (Lipinski definition) is 4. The lowest BCUT2D eigenvalue weighted by Crippen LogP contribution is -2.53. The van der Waals surface area contributed by atoms with Gasteiger partial charge < -0.3 is 11.1 Å². The van der Waals surface area contributed by atoms with Crippen molar-refractivity contribution in [3.8, 4) is 0 Å². The number of amides is 1. The number of hydrogen-bond donors (Lipinski definition) is 2. The molecule has 1 aliphatic rings. The average molecular weight is 277 g/mol. The second-order valence-corrected chi connectivity index (χ2v) is 5.61. The molecule has 0 radical (unpaired) electrons. The number of benzene rings is 1. The highest BCUT2D eigenvalue weighted by atomic mass is 16.6. The molecule has 0 spiro atoms. The van der Waals surface area contributed by atoms with Gasteiger partial charge in [0, 0.05) is 24.2 Å². The quantitative estimate of drug-likeness (QED) is 0.633. The first-order chi connectivity index (χ1) is 9.37. The molecule has 1 atom stereocenters. The molecule has 108 valence electrons. The van der Waals surface area contributed by atoms with Crippen molar-refractivity contribution in [2.24, 2.45) is 11.7 Å². The van der Waals surface area contributed by atoms with Crippen LogP contribution in [0.3, 0.4) is 0 Å². The molecule has 1 unspecified atom stereocenters. The van der Waals surface area contributed by atoms with Crippen molar-refractivity contribution in [3.63, 3.8) is 0 Å². The molecule has 1 aromatic rings. The van der Waals surface area contributed by atoms with Gasteiger partial charge in [-0.25, -0.2) is 0 Å². The first-order valence-corrected chi connectivity index (χ1v) is 6.65. The molecule has 0 aromatic heterocycles. The molecule has 1 saturated carbocycles. The van der Waals surface area contributed by atoms with Gasteiger partial charge in [0.15, 0.2) is 0 Å². The Labute approximate surface area is 117 Å². The van der Waals surface area contributed by atoms with Crippen LogP contribution >= 0.6 is 0 Å². The Hall–Kier alpha value is -1.95. The van der Waals surface area contributed by atoms with E-state index in [4.69, 9.17) is 5.73 Å². The fourth-order valence-electron chi connectivity index (χ4n) is 2.34. The van der Waals surface area contributed by atoms with E-state index in [-0.39, 0.29) is 11.6 Å². The number of non-ortho nitro benzene ring substituents is 1. The fourth-order valence-corrected chi connectivity index (χ4v) is 2.34. The van der Waals surface area contributed by atoms with E-state index in [1.54, 1.807) is 13.0 Å². The minimum Gasteiger partial charge on any atom is -0.345 e. The van der Waals surface area contributed by atoms with Gasteiger partial charge in [-0.15, -0.1) is 0 Å². The lowest BCUT2D eigenvalue weighted by Gasteiger charge is -2.29. The van der Waals surface area contributed by atoms with Gasteiger partial charge >= 0.3 is 0 Å². The zero-order valence-corrected chi connectivity index (χ0v) is 11.7. The Kier molecular flexibility index (Phi) is 3.76. The second-order valence-electron chi connectivity index (χ2n) is 5.61. The first kappa shape index (κ1) is 14.5. The lowest BCUT2D eigenvalue weighted by atomic mass is 9.95. The third-order valence-corrected chi connectivity index (χ3v) is 3.98. The number of nitro benzene ring substituents is 1. The van der Waals surface area contributed by atoms with E-state index in [1.165, 1.54) is 12.1 Å². The lowest BCUT2D eigenvalue weighted by molar-refractivity contribution is -0.384. The van der Waals surface area contributed by atoms with Crippen LogP contribution in [0.5, 0.6) is 0 Å². The van der Waals surface area contributed by atoms with E-state index in [0.29, 0.717) is 23.6 Å². The Morgan fingerprint density at radius 1 is 1.55 bits per heavy atom. The molecule has 2 rings (SSSR count). The Morgan fingerprint density at radius 2 is 2.20 bits per heavy atom. The van der Waals surface area contributed by atoms with Crippen molar-refractivity contribution in [2.75, 3.05) is 6.54 Å². The van der Waals surface area contributed by atoms with E-state index in [2.05, 4.69) is 5.32 Å². The van der Waals surface area contributed by atoms with Crippen LogP contribution in [0.1, 0.15) is 35.7 Å². The number of aryl methyl sites for hydroxylation is 1. The Bertz CT molecular complexity index is 555. The number of nitrogens with one attached hydrogen (secondary N) is 1. The molecular formula is C14H19N3O3. The molecule has 3 N–H and O–H groups in total. The van der Waals surface area contributed by atoms with Crippen LogP contribution in [0.2, 0.25) is 0 Å². The predicted octanol–water partition coefficient (Wildman–Crippen LogP) is 1.76. The van der Waals surface area contributed by atoms with Gasteiger partial charge in [-0.2, -0.15) is 0 Å². The third kappa shape index (κ3) is 2.80. The molecular weight excluding hydrogens is 258 g/mol. The van der Waals surface area contributed by atoms with Gasteiger partial charge in [0.2, 0.25) is 0 Å². The number of nitrogens with zero attached hydrogens (tertiary/aromatic N) is 1. The van der Waals surface area contributed by atoms with E-state index in [0.717, 1.165) is 12.8 Å². The average Bonchev–Trinajstić information content (AvgIpc) is 3.23. The second kappa shape index (κ2) is 5.20. The third-order valence-electron chi connectivity index (χ3n) is 3.98. The standard InChI is InChI=1S/C14H19N3O3/c1-9-3-6-11(17(19)20)7-12(9)13(18)16-14(2,8-15)10-4-5-10/h3,6-7,10H,4-5,8,15H2,1-2H3,(H,16,18). The largest absolute Gasteiger partial charge is 0.345 e. The highest BCUT2D eigenvalue weighted by Crippen LogP contribution is 2.39. The zero-order valence-electron chi connectivity index (χ0n) is 11.7. The monoisotopic (exact) mass is 277 g/mol. The van der Waals surface area contributed by atoms with Crippen LogP contribution in [0.4, 0.5) is 5.69 Å². The summed E-state index contributed by atoms with van der Waals surface area (Å²) in [5, 5.41) is 13.7. The topological polar surface area (TPSA) is 98.3 Å². The summed E-state index contributed by atoms with van der Waals surface area (Å²) in [4.78, 5) is 22.7. The first-order valence-electron chi connectivity index (χ1n) is 6.65.